The van der Waals surface area contributed by atoms with E-state index in [1.54, 1.807) is 6.07 Å². The fraction of sp³-hybridized carbons (Fsp3) is 0.158. The molecule has 9 heteroatoms. The van der Waals surface area contributed by atoms with Crippen LogP contribution in [0.4, 0.5) is 9.18 Å². The number of hydrogen-bond acceptors (Lipinski definition) is 5. The van der Waals surface area contributed by atoms with Crippen molar-refractivity contribution in [2.24, 2.45) is 0 Å². The molecule has 0 unspecified atom stereocenters. The van der Waals surface area contributed by atoms with E-state index in [2.05, 4.69) is 15.6 Å². The van der Waals surface area contributed by atoms with E-state index in [1.165, 1.54) is 28.4 Å². The summed E-state index contributed by atoms with van der Waals surface area (Å²) in [5, 5.41) is 5.31. The Kier molecular flexibility index (Phi) is 3.50. The summed E-state index contributed by atoms with van der Waals surface area (Å²) >= 11 is 1.29. The smallest absolute Gasteiger partial charge is 0.322 e. The van der Waals surface area contributed by atoms with Gasteiger partial charge in [0, 0.05) is 12.1 Å². The number of aromatic nitrogens is 1. The summed E-state index contributed by atoms with van der Waals surface area (Å²) in [5.74, 6) is -1.45. The normalized spacial score (nSPS) is 21.2. The van der Waals surface area contributed by atoms with Gasteiger partial charge in [-0.3, -0.25) is 14.9 Å². The minimum atomic E-state index is -1.49. The van der Waals surface area contributed by atoms with E-state index in [0.717, 1.165) is 4.70 Å². The molecule has 5 rings (SSSR count). The zero-order chi connectivity index (χ0) is 19.5. The number of fused-ring (bicyclic) bond motifs is 2. The molecule has 0 radical (unpaired) electrons. The molecule has 2 aliphatic heterocycles. The highest BCUT2D eigenvalue weighted by Crippen LogP contribution is 2.35. The van der Waals surface area contributed by atoms with Gasteiger partial charge in [0.15, 0.2) is 5.54 Å². The van der Waals surface area contributed by atoms with E-state index in [9.17, 15) is 18.8 Å². The number of halogens is 1. The Hall–Kier alpha value is -3.33. The minimum Gasteiger partial charge on any atom is -0.331 e. The van der Waals surface area contributed by atoms with E-state index in [0.29, 0.717) is 16.1 Å². The maximum Gasteiger partial charge on any atom is 0.322 e. The summed E-state index contributed by atoms with van der Waals surface area (Å²) in [5.41, 5.74) is 0.158. The number of urea groups is 1. The number of rotatable bonds is 3. The third-order valence-electron chi connectivity index (χ3n) is 4.98. The van der Waals surface area contributed by atoms with Crippen LogP contribution in [0.15, 0.2) is 42.5 Å². The second-order valence-corrected chi connectivity index (χ2v) is 7.79. The van der Waals surface area contributed by atoms with Crippen molar-refractivity contribution in [2.45, 2.75) is 12.1 Å². The maximum atomic E-state index is 13.5. The molecule has 3 heterocycles. The van der Waals surface area contributed by atoms with Crippen molar-refractivity contribution in [1.82, 2.24) is 20.5 Å². The van der Waals surface area contributed by atoms with Gasteiger partial charge < -0.3 is 10.2 Å². The first-order chi connectivity index (χ1) is 13.5. The Labute approximate surface area is 162 Å². The predicted octanol–water partition coefficient (Wildman–Crippen LogP) is 2.13. The van der Waals surface area contributed by atoms with Crippen molar-refractivity contribution in [3.8, 4) is 0 Å². The van der Waals surface area contributed by atoms with Crippen molar-refractivity contribution in [1.29, 1.82) is 0 Å². The highest BCUT2D eigenvalue weighted by molar-refractivity contribution is 7.18. The fourth-order valence-electron chi connectivity index (χ4n) is 3.62. The standard InChI is InChI=1S/C19H13FN4O3S/c20-11-6-5-10-8-24(15(25)12(10)7-11)9-19(16(26)22-18(27)23-19)17-21-13-3-1-2-4-14(13)28-17/h1-7H,8-9H2,(H2,22,23,26,27)/t19-/m1/s1. The summed E-state index contributed by atoms with van der Waals surface area (Å²) in [4.78, 5) is 43.5. The first kappa shape index (κ1) is 16.8. The lowest BCUT2D eigenvalue weighted by molar-refractivity contribution is -0.124. The van der Waals surface area contributed by atoms with Gasteiger partial charge in [0.1, 0.15) is 10.8 Å². The quantitative estimate of drug-likeness (QED) is 0.664. The van der Waals surface area contributed by atoms with Crippen LogP contribution in [-0.2, 0) is 16.9 Å². The lowest BCUT2D eigenvalue weighted by Gasteiger charge is -2.29. The zero-order valence-corrected chi connectivity index (χ0v) is 15.2. The average molecular weight is 396 g/mol. The molecule has 1 fully saturated rings. The molecule has 2 N–H and O–H groups in total. The lowest BCUT2D eigenvalue weighted by Crippen LogP contribution is -2.52. The van der Waals surface area contributed by atoms with Crippen LogP contribution in [0.2, 0.25) is 0 Å². The fourth-order valence-corrected chi connectivity index (χ4v) is 4.72. The Bertz CT molecular complexity index is 1140. The Morgan fingerprint density at radius 3 is 2.75 bits per heavy atom. The Morgan fingerprint density at radius 1 is 1.18 bits per heavy atom. The van der Waals surface area contributed by atoms with Crippen molar-refractivity contribution < 1.29 is 18.8 Å². The molecule has 2 aliphatic rings. The van der Waals surface area contributed by atoms with E-state index in [4.69, 9.17) is 0 Å². The summed E-state index contributed by atoms with van der Waals surface area (Å²) in [6.45, 7) is 0.129. The first-order valence-electron chi connectivity index (χ1n) is 8.54. The highest BCUT2D eigenvalue weighted by atomic mass is 32.1. The second kappa shape index (κ2) is 5.83. The maximum absolute atomic E-state index is 13.5. The van der Waals surface area contributed by atoms with Gasteiger partial charge in [0.05, 0.1) is 16.8 Å². The molecule has 1 atom stereocenters. The molecular formula is C19H13FN4O3S. The molecule has 0 bridgehead atoms. The molecular weight excluding hydrogens is 383 g/mol. The van der Waals surface area contributed by atoms with Gasteiger partial charge >= 0.3 is 6.03 Å². The van der Waals surface area contributed by atoms with Gasteiger partial charge in [-0.05, 0) is 29.8 Å². The largest absolute Gasteiger partial charge is 0.331 e. The number of hydrogen-bond donors (Lipinski definition) is 2. The number of imide groups is 1. The Morgan fingerprint density at radius 2 is 2.00 bits per heavy atom. The SMILES string of the molecule is O=C1NC(=O)[C@](CN2Cc3ccc(F)cc3C2=O)(c2nc3ccccc3s2)N1. The molecule has 1 saturated heterocycles. The van der Waals surface area contributed by atoms with Crippen LogP contribution >= 0.6 is 11.3 Å². The number of nitrogens with one attached hydrogen (secondary N) is 2. The number of benzene rings is 2. The van der Waals surface area contributed by atoms with Crippen molar-refractivity contribution >= 4 is 39.4 Å². The van der Waals surface area contributed by atoms with E-state index >= 15 is 0 Å². The lowest BCUT2D eigenvalue weighted by atomic mass is 10.00. The molecule has 7 nitrogen and oxygen atoms in total. The average Bonchev–Trinajstić information content (AvgIpc) is 3.31. The second-order valence-electron chi connectivity index (χ2n) is 6.76. The third-order valence-corrected chi connectivity index (χ3v) is 6.18. The van der Waals surface area contributed by atoms with Gasteiger partial charge in [-0.2, -0.15) is 0 Å². The number of carbonyl (C=O) groups is 3. The van der Waals surface area contributed by atoms with Gasteiger partial charge in [-0.25, -0.2) is 14.2 Å². The number of thiazole rings is 1. The van der Waals surface area contributed by atoms with Crippen molar-refractivity contribution in [3.05, 3.63) is 64.4 Å². The van der Waals surface area contributed by atoms with Crippen LogP contribution in [0.1, 0.15) is 20.9 Å². The van der Waals surface area contributed by atoms with Crippen LogP contribution < -0.4 is 10.6 Å². The third kappa shape index (κ3) is 2.40. The van der Waals surface area contributed by atoms with E-state index < -0.39 is 23.3 Å². The zero-order valence-electron chi connectivity index (χ0n) is 14.4. The molecule has 0 saturated carbocycles. The topological polar surface area (TPSA) is 91.4 Å². The molecule has 3 aromatic rings. The minimum absolute atomic E-state index is 0.0977. The molecule has 4 amide bonds. The van der Waals surface area contributed by atoms with Crippen LogP contribution in [0.25, 0.3) is 10.2 Å². The predicted molar refractivity (Wildman–Crippen MR) is 99.1 cm³/mol. The molecule has 140 valence electrons. The molecule has 1 aromatic heterocycles. The summed E-state index contributed by atoms with van der Waals surface area (Å²) < 4.78 is 14.4. The van der Waals surface area contributed by atoms with E-state index in [1.807, 2.05) is 24.3 Å². The monoisotopic (exact) mass is 396 g/mol. The highest BCUT2D eigenvalue weighted by Gasteiger charge is 2.52. The summed E-state index contributed by atoms with van der Waals surface area (Å²) in [6, 6.07) is 10.8. The Balaban J connectivity index is 1.56. The summed E-state index contributed by atoms with van der Waals surface area (Å²) in [7, 11) is 0. The van der Waals surface area contributed by atoms with Crippen LogP contribution in [0, 0.1) is 5.82 Å². The molecule has 0 aliphatic carbocycles. The number of carbonyl (C=O) groups excluding carboxylic acids is 3. The first-order valence-corrected chi connectivity index (χ1v) is 9.35. The van der Waals surface area contributed by atoms with Gasteiger partial charge in [0.25, 0.3) is 11.8 Å². The molecule has 2 aromatic carbocycles. The van der Waals surface area contributed by atoms with Crippen molar-refractivity contribution in [3.63, 3.8) is 0 Å². The van der Waals surface area contributed by atoms with Crippen LogP contribution in [0.3, 0.4) is 0 Å². The van der Waals surface area contributed by atoms with E-state index in [-0.39, 0.29) is 24.6 Å². The van der Waals surface area contributed by atoms with Crippen LogP contribution in [0.5, 0.6) is 0 Å². The number of amides is 4. The van der Waals surface area contributed by atoms with Gasteiger partial charge in [-0.1, -0.05) is 18.2 Å². The van der Waals surface area contributed by atoms with Crippen molar-refractivity contribution in [2.75, 3.05) is 6.54 Å². The van der Waals surface area contributed by atoms with Gasteiger partial charge in [-0.15, -0.1) is 11.3 Å². The van der Waals surface area contributed by atoms with Gasteiger partial charge in [0.2, 0.25) is 0 Å². The van der Waals surface area contributed by atoms with Crippen LogP contribution in [-0.4, -0.2) is 34.3 Å². The number of para-hydroxylation sites is 1. The number of nitrogens with zero attached hydrogens (tertiary/aromatic N) is 2. The summed E-state index contributed by atoms with van der Waals surface area (Å²) in [6.07, 6.45) is 0. The molecule has 28 heavy (non-hydrogen) atoms. The molecule has 0 spiro atoms.